The summed E-state index contributed by atoms with van der Waals surface area (Å²) >= 11 is 0. The minimum atomic E-state index is -1.06. The van der Waals surface area contributed by atoms with Crippen LogP contribution in [0.1, 0.15) is 49.5 Å². The standard InChI is InChI=1S/C18H25NO4/c1-17(2,22)11-9-14-5-7-15(8-6-14)16(21)19-13-18(3,23)10-4-12-20/h5-8,20,22-23H,4,10,12-13H2,1-3H3,(H,19,21). The maximum atomic E-state index is 12.0. The number of amides is 1. The fourth-order valence-corrected chi connectivity index (χ4v) is 1.85. The molecule has 0 aromatic heterocycles. The Morgan fingerprint density at radius 2 is 1.78 bits per heavy atom. The second kappa shape index (κ2) is 8.11. The number of nitrogens with one attached hydrogen (secondary N) is 1. The van der Waals surface area contributed by atoms with Gasteiger partial charge in [0, 0.05) is 24.3 Å². The summed E-state index contributed by atoms with van der Waals surface area (Å²) in [6.07, 6.45) is 0.896. The molecule has 1 amide bonds. The Bertz CT molecular complexity index is 574. The number of rotatable bonds is 6. The van der Waals surface area contributed by atoms with Gasteiger partial charge in [0.1, 0.15) is 5.60 Å². The molecule has 5 nitrogen and oxygen atoms in total. The molecule has 1 aromatic carbocycles. The molecule has 1 rings (SSSR count). The van der Waals surface area contributed by atoms with E-state index < -0.39 is 11.2 Å². The van der Waals surface area contributed by atoms with Gasteiger partial charge in [-0.15, -0.1) is 0 Å². The second-order valence-electron chi connectivity index (χ2n) is 6.39. The molecule has 5 heteroatoms. The highest BCUT2D eigenvalue weighted by molar-refractivity contribution is 5.94. The predicted molar refractivity (Wildman–Crippen MR) is 88.9 cm³/mol. The summed E-state index contributed by atoms with van der Waals surface area (Å²) in [5, 5.41) is 31.1. The summed E-state index contributed by atoms with van der Waals surface area (Å²) in [6, 6.07) is 6.70. The van der Waals surface area contributed by atoms with Crippen LogP contribution in [0.2, 0.25) is 0 Å². The van der Waals surface area contributed by atoms with Gasteiger partial charge in [-0.05, 0) is 57.9 Å². The van der Waals surface area contributed by atoms with E-state index in [1.165, 1.54) is 0 Å². The Morgan fingerprint density at radius 1 is 1.17 bits per heavy atom. The molecule has 0 bridgehead atoms. The average molecular weight is 319 g/mol. The number of carbonyl (C=O) groups excluding carboxylic acids is 1. The molecule has 0 fully saturated rings. The van der Waals surface area contributed by atoms with Gasteiger partial charge in [0.15, 0.2) is 0 Å². The minimum absolute atomic E-state index is 0.0112. The van der Waals surface area contributed by atoms with Crippen molar-refractivity contribution in [1.29, 1.82) is 0 Å². The molecule has 0 heterocycles. The van der Waals surface area contributed by atoms with Gasteiger partial charge in [0.2, 0.25) is 0 Å². The molecule has 0 saturated carbocycles. The SMILES string of the molecule is CC(C)(O)C#Cc1ccc(C(=O)NCC(C)(O)CCCO)cc1. The van der Waals surface area contributed by atoms with Gasteiger partial charge in [-0.1, -0.05) is 11.8 Å². The highest BCUT2D eigenvalue weighted by Crippen LogP contribution is 2.11. The molecule has 0 radical (unpaired) electrons. The number of hydrogen-bond donors (Lipinski definition) is 4. The molecule has 4 N–H and O–H groups in total. The van der Waals surface area contributed by atoms with E-state index >= 15 is 0 Å². The van der Waals surface area contributed by atoms with E-state index in [4.69, 9.17) is 5.11 Å². The number of hydrogen-bond acceptors (Lipinski definition) is 4. The van der Waals surface area contributed by atoms with E-state index in [0.29, 0.717) is 24.0 Å². The molecular formula is C18H25NO4. The van der Waals surface area contributed by atoms with Crippen LogP contribution in [0.15, 0.2) is 24.3 Å². The minimum Gasteiger partial charge on any atom is -0.396 e. The summed E-state index contributed by atoms with van der Waals surface area (Å²) in [5.74, 6) is 5.26. The Morgan fingerprint density at radius 3 is 2.30 bits per heavy atom. The first kappa shape index (κ1) is 19.2. The zero-order valence-corrected chi connectivity index (χ0v) is 13.9. The summed E-state index contributed by atoms with van der Waals surface area (Å²) in [5.41, 5.74) is -0.928. The maximum absolute atomic E-state index is 12.0. The van der Waals surface area contributed by atoms with E-state index in [1.807, 2.05) is 0 Å². The predicted octanol–water partition coefficient (Wildman–Crippen LogP) is 1.06. The Balaban J connectivity index is 2.62. The van der Waals surface area contributed by atoms with Crippen LogP contribution in [0.4, 0.5) is 0 Å². The average Bonchev–Trinajstić information content (AvgIpc) is 2.48. The van der Waals surface area contributed by atoms with Crippen molar-refractivity contribution in [2.75, 3.05) is 13.2 Å². The normalized spacial score (nSPS) is 13.7. The van der Waals surface area contributed by atoms with Gasteiger partial charge in [-0.2, -0.15) is 0 Å². The molecule has 0 aliphatic heterocycles. The van der Waals surface area contributed by atoms with Gasteiger partial charge in [-0.3, -0.25) is 4.79 Å². The molecule has 0 spiro atoms. The van der Waals surface area contributed by atoms with Crippen LogP contribution in [0.3, 0.4) is 0 Å². The molecule has 0 aliphatic rings. The van der Waals surface area contributed by atoms with Crippen molar-refractivity contribution in [1.82, 2.24) is 5.32 Å². The van der Waals surface area contributed by atoms with E-state index in [1.54, 1.807) is 45.0 Å². The lowest BCUT2D eigenvalue weighted by atomic mass is 10.0. The lowest BCUT2D eigenvalue weighted by molar-refractivity contribution is 0.0415. The largest absolute Gasteiger partial charge is 0.396 e. The van der Waals surface area contributed by atoms with E-state index in [9.17, 15) is 15.0 Å². The number of aliphatic hydroxyl groups is 3. The zero-order chi connectivity index (χ0) is 17.5. The first-order valence-electron chi connectivity index (χ1n) is 7.60. The van der Waals surface area contributed by atoms with Gasteiger partial charge in [-0.25, -0.2) is 0 Å². The van der Waals surface area contributed by atoms with Gasteiger partial charge < -0.3 is 20.6 Å². The van der Waals surface area contributed by atoms with Gasteiger partial charge in [0.05, 0.1) is 5.60 Å². The molecule has 23 heavy (non-hydrogen) atoms. The molecular weight excluding hydrogens is 294 g/mol. The summed E-state index contributed by atoms with van der Waals surface area (Å²) < 4.78 is 0. The molecule has 1 atom stereocenters. The van der Waals surface area contributed by atoms with Crippen molar-refractivity contribution >= 4 is 5.91 Å². The van der Waals surface area contributed by atoms with Gasteiger partial charge >= 0.3 is 0 Å². The fraction of sp³-hybridized carbons (Fsp3) is 0.500. The van der Waals surface area contributed by atoms with Gasteiger partial charge in [0.25, 0.3) is 5.91 Å². The monoisotopic (exact) mass is 319 g/mol. The lowest BCUT2D eigenvalue weighted by Gasteiger charge is -2.23. The highest BCUT2D eigenvalue weighted by Gasteiger charge is 2.20. The first-order chi connectivity index (χ1) is 10.6. The third-order valence-corrected chi connectivity index (χ3v) is 3.16. The van der Waals surface area contributed by atoms with Crippen molar-refractivity contribution in [3.63, 3.8) is 0 Å². The maximum Gasteiger partial charge on any atom is 0.251 e. The molecule has 0 saturated heterocycles. The Labute approximate surface area is 137 Å². The number of carbonyl (C=O) groups is 1. The van der Waals surface area contributed by atoms with Crippen molar-refractivity contribution in [2.45, 2.75) is 44.8 Å². The Hall–Kier alpha value is -1.87. The van der Waals surface area contributed by atoms with E-state index in [-0.39, 0.29) is 19.1 Å². The summed E-state index contributed by atoms with van der Waals surface area (Å²) in [4.78, 5) is 12.0. The van der Waals surface area contributed by atoms with E-state index in [2.05, 4.69) is 17.2 Å². The van der Waals surface area contributed by atoms with Crippen molar-refractivity contribution < 1.29 is 20.1 Å². The molecule has 126 valence electrons. The zero-order valence-electron chi connectivity index (χ0n) is 13.9. The highest BCUT2D eigenvalue weighted by atomic mass is 16.3. The van der Waals surface area contributed by atoms with Crippen LogP contribution in [0, 0.1) is 11.8 Å². The second-order valence-corrected chi connectivity index (χ2v) is 6.39. The lowest BCUT2D eigenvalue weighted by Crippen LogP contribution is -2.40. The number of aliphatic hydroxyl groups excluding tert-OH is 1. The number of benzene rings is 1. The molecule has 1 unspecified atom stereocenters. The van der Waals surface area contributed by atoms with Crippen molar-refractivity contribution in [3.8, 4) is 11.8 Å². The summed E-state index contributed by atoms with van der Waals surface area (Å²) in [6.45, 7) is 4.95. The van der Waals surface area contributed by atoms with Crippen LogP contribution in [-0.4, -0.2) is 45.6 Å². The molecule has 0 aliphatic carbocycles. The Kier molecular flexibility index (Phi) is 6.77. The topological polar surface area (TPSA) is 89.8 Å². The van der Waals surface area contributed by atoms with Crippen LogP contribution in [0.5, 0.6) is 0 Å². The van der Waals surface area contributed by atoms with Crippen molar-refractivity contribution in [3.05, 3.63) is 35.4 Å². The first-order valence-corrected chi connectivity index (χ1v) is 7.60. The molecule has 1 aromatic rings. The summed E-state index contributed by atoms with van der Waals surface area (Å²) in [7, 11) is 0. The smallest absolute Gasteiger partial charge is 0.251 e. The third kappa shape index (κ3) is 7.80. The third-order valence-electron chi connectivity index (χ3n) is 3.16. The fourth-order valence-electron chi connectivity index (χ4n) is 1.85. The van der Waals surface area contributed by atoms with Crippen molar-refractivity contribution in [2.24, 2.45) is 0 Å². The van der Waals surface area contributed by atoms with Crippen LogP contribution in [-0.2, 0) is 0 Å². The van der Waals surface area contributed by atoms with Crippen LogP contribution >= 0.6 is 0 Å². The van der Waals surface area contributed by atoms with Crippen LogP contribution in [0.25, 0.3) is 0 Å². The van der Waals surface area contributed by atoms with Crippen LogP contribution < -0.4 is 5.32 Å². The quantitative estimate of drug-likeness (QED) is 0.590. The van der Waals surface area contributed by atoms with E-state index in [0.717, 1.165) is 0 Å².